The summed E-state index contributed by atoms with van der Waals surface area (Å²) in [6.07, 6.45) is 2.69. The number of hydrogen-bond acceptors (Lipinski definition) is 4. The number of benzene rings is 1. The highest BCUT2D eigenvalue weighted by Gasteiger charge is 2.15. The number of carboxylic acid groups (broad SMARTS) is 1. The molecule has 0 radical (unpaired) electrons. The molecule has 6 nitrogen and oxygen atoms in total. The lowest BCUT2D eigenvalue weighted by atomic mass is 10.2. The number of sulfonamides is 1. The van der Waals surface area contributed by atoms with E-state index in [1.165, 1.54) is 24.4 Å². The van der Waals surface area contributed by atoms with Gasteiger partial charge in [-0.1, -0.05) is 30.3 Å². The van der Waals surface area contributed by atoms with Gasteiger partial charge in [-0.3, -0.25) is 4.72 Å². The second-order valence-electron chi connectivity index (χ2n) is 4.07. The van der Waals surface area contributed by atoms with Gasteiger partial charge in [0, 0.05) is 6.20 Å². The third kappa shape index (κ3) is 4.15. The van der Waals surface area contributed by atoms with Gasteiger partial charge in [-0.25, -0.2) is 18.2 Å². The number of anilines is 1. The van der Waals surface area contributed by atoms with Crippen LogP contribution in [0.4, 0.5) is 5.69 Å². The zero-order chi connectivity index (χ0) is 15.3. The summed E-state index contributed by atoms with van der Waals surface area (Å²) in [4.78, 5) is 14.6. The molecule has 2 aromatic rings. The van der Waals surface area contributed by atoms with E-state index >= 15 is 0 Å². The smallest absolute Gasteiger partial charge is 0.356 e. The van der Waals surface area contributed by atoms with Crippen molar-refractivity contribution in [3.05, 3.63) is 65.3 Å². The van der Waals surface area contributed by atoms with E-state index in [1.807, 2.05) is 6.07 Å². The summed E-state index contributed by atoms with van der Waals surface area (Å²) in [6.45, 7) is 0. The number of carbonyl (C=O) groups is 1. The Labute approximate surface area is 121 Å². The maximum absolute atomic E-state index is 11.9. The average molecular weight is 304 g/mol. The SMILES string of the molecule is O=C(O)c1ncccc1NS(=O)(=O)/C=C/c1ccccc1. The first kappa shape index (κ1) is 14.7. The van der Waals surface area contributed by atoms with Gasteiger partial charge in [-0.05, 0) is 23.8 Å². The van der Waals surface area contributed by atoms with Gasteiger partial charge in [0.2, 0.25) is 0 Å². The van der Waals surface area contributed by atoms with Gasteiger partial charge in [0.25, 0.3) is 10.0 Å². The molecule has 1 heterocycles. The lowest BCUT2D eigenvalue weighted by molar-refractivity contribution is 0.0692. The lowest BCUT2D eigenvalue weighted by Gasteiger charge is -2.06. The number of aromatic nitrogens is 1. The number of nitrogens with zero attached hydrogens (tertiary/aromatic N) is 1. The van der Waals surface area contributed by atoms with Crippen LogP contribution in [0.15, 0.2) is 54.1 Å². The van der Waals surface area contributed by atoms with Crippen LogP contribution >= 0.6 is 0 Å². The summed E-state index contributed by atoms with van der Waals surface area (Å²) in [6, 6.07) is 11.7. The minimum Gasteiger partial charge on any atom is -0.476 e. The van der Waals surface area contributed by atoms with Crippen molar-refractivity contribution in [1.82, 2.24) is 4.98 Å². The summed E-state index contributed by atoms with van der Waals surface area (Å²) in [5.74, 6) is -1.31. The molecule has 0 aliphatic carbocycles. The van der Waals surface area contributed by atoms with E-state index in [0.717, 1.165) is 5.41 Å². The van der Waals surface area contributed by atoms with Gasteiger partial charge in [-0.15, -0.1) is 0 Å². The van der Waals surface area contributed by atoms with E-state index < -0.39 is 16.0 Å². The van der Waals surface area contributed by atoms with Crippen molar-refractivity contribution in [1.29, 1.82) is 0 Å². The molecule has 0 unspecified atom stereocenters. The van der Waals surface area contributed by atoms with Crippen LogP contribution in [-0.2, 0) is 10.0 Å². The number of carboxylic acids is 1. The van der Waals surface area contributed by atoms with Gasteiger partial charge < -0.3 is 5.11 Å². The van der Waals surface area contributed by atoms with Gasteiger partial charge >= 0.3 is 5.97 Å². The summed E-state index contributed by atoms with van der Waals surface area (Å²) in [7, 11) is -3.82. The minimum absolute atomic E-state index is 0.0808. The van der Waals surface area contributed by atoms with Crippen LogP contribution in [0.1, 0.15) is 16.1 Å². The number of aromatic carboxylic acids is 1. The highest BCUT2D eigenvalue weighted by molar-refractivity contribution is 7.95. The van der Waals surface area contributed by atoms with E-state index in [4.69, 9.17) is 5.11 Å². The molecule has 0 atom stereocenters. The zero-order valence-corrected chi connectivity index (χ0v) is 11.6. The first-order valence-electron chi connectivity index (χ1n) is 5.92. The monoisotopic (exact) mass is 304 g/mol. The summed E-state index contributed by atoms with van der Waals surface area (Å²) >= 11 is 0. The van der Waals surface area contributed by atoms with Crippen molar-refractivity contribution in [3.8, 4) is 0 Å². The molecule has 0 bridgehead atoms. The first-order valence-corrected chi connectivity index (χ1v) is 7.47. The molecule has 2 rings (SSSR count). The third-order valence-corrected chi connectivity index (χ3v) is 3.50. The highest BCUT2D eigenvalue weighted by atomic mass is 32.2. The number of pyridine rings is 1. The molecule has 0 fully saturated rings. The molecular weight excluding hydrogens is 292 g/mol. The van der Waals surface area contributed by atoms with Gasteiger partial charge in [0.15, 0.2) is 5.69 Å². The molecule has 0 saturated carbocycles. The molecule has 0 aliphatic heterocycles. The molecule has 21 heavy (non-hydrogen) atoms. The second-order valence-corrected chi connectivity index (χ2v) is 5.63. The Morgan fingerprint density at radius 2 is 1.86 bits per heavy atom. The van der Waals surface area contributed by atoms with Crippen LogP contribution < -0.4 is 4.72 Å². The van der Waals surface area contributed by atoms with E-state index in [-0.39, 0.29) is 11.4 Å². The molecule has 0 amide bonds. The summed E-state index contributed by atoms with van der Waals surface area (Å²) in [5, 5.41) is 9.93. The predicted octanol–water partition coefficient (Wildman–Crippen LogP) is 2.19. The van der Waals surface area contributed by atoms with Crippen LogP contribution in [-0.4, -0.2) is 24.5 Å². The Hall–Kier alpha value is -2.67. The Kier molecular flexibility index (Phi) is 4.34. The van der Waals surface area contributed by atoms with Crippen molar-refractivity contribution in [2.45, 2.75) is 0 Å². The quantitative estimate of drug-likeness (QED) is 0.882. The largest absolute Gasteiger partial charge is 0.476 e. The second kappa shape index (κ2) is 6.19. The van der Waals surface area contributed by atoms with E-state index in [9.17, 15) is 13.2 Å². The molecule has 0 spiro atoms. The molecular formula is C14H12N2O4S. The molecule has 108 valence electrons. The Morgan fingerprint density at radius 1 is 1.14 bits per heavy atom. The highest BCUT2D eigenvalue weighted by Crippen LogP contribution is 2.15. The van der Waals surface area contributed by atoms with Crippen LogP contribution in [0.3, 0.4) is 0 Å². The maximum atomic E-state index is 11.9. The Morgan fingerprint density at radius 3 is 2.52 bits per heavy atom. The molecule has 0 saturated heterocycles. The van der Waals surface area contributed by atoms with Crippen LogP contribution in [0.2, 0.25) is 0 Å². The van der Waals surface area contributed by atoms with Crippen LogP contribution in [0, 0.1) is 0 Å². The van der Waals surface area contributed by atoms with Gasteiger partial charge in [0.05, 0.1) is 11.1 Å². The van der Waals surface area contributed by atoms with Crippen molar-refractivity contribution < 1.29 is 18.3 Å². The zero-order valence-electron chi connectivity index (χ0n) is 10.8. The Bertz CT molecular complexity index is 771. The van der Waals surface area contributed by atoms with Crippen LogP contribution in [0.5, 0.6) is 0 Å². The van der Waals surface area contributed by atoms with E-state index in [0.29, 0.717) is 5.56 Å². The normalized spacial score (nSPS) is 11.4. The molecule has 0 aliphatic rings. The van der Waals surface area contributed by atoms with Gasteiger partial charge in [0.1, 0.15) is 0 Å². The lowest BCUT2D eigenvalue weighted by Crippen LogP contribution is -2.13. The van der Waals surface area contributed by atoms with Crippen molar-refractivity contribution in [3.63, 3.8) is 0 Å². The number of rotatable bonds is 5. The summed E-state index contributed by atoms with van der Waals surface area (Å²) in [5.41, 5.74) is 0.282. The number of nitrogens with one attached hydrogen (secondary N) is 1. The van der Waals surface area contributed by atoms with Crippen molar-refractivity contribution in [2.24, 2.45) is 0 Å². The summed E-state index contributed by atoms with van der Waals surface area (Å²) < 4.78 is 26.0. The fourth-order valence-corrected chi connectivity index (χ4v) is 2.45. The predicted molar refractivity (Wildman–Crippen MR) is 79.2 cm³/mol. The maximum Gasteiger partial charge on any atom is 0.356 e. The molecule has 7 heteroatoms. The minimum atomic E-state index is -3.82. The molecule has 2 N–H and O–H groups in total. The molecule has 1 aromatic heterocycles. The fourth-order valence-electron chi connectivity index (χ4n) is 1.58. The van der Waals surface area contributed by atoms with Gasteiger partial charge in [-0.2, -0.15) is 0 Å². The fraction of sp³-hybridized carbons (Fsp3) is 0. The van der Waals surface area contributed by atoms with E-state index in [2.05, 4.69) is 9.71 Å². The number of hydrogen-bond donors (Lipinski definition) is 2. The average Bonchev–Trinajstić information content (AvgIpc) is 2.46. The topological polar surface area (TPSA) is 96.4 Å². The standard InChI is InChI=1S/C14H12N2O4S/c17-14(18)13-12(7-4-9-15-13)16-21(19,20)10-8-11-5-2-1-3-6-11/h1-10,16H,(H,17,18)/b10-8+. The van der Waals surface area contributed by atoms with Crippen molar-refractivity contribution >= 4 is 27.8 Å². The van der Waals surface area contributed by atoms with Crippen LogP contribution in [0.25, 0.3) is 6.08 Å². The van der Waals surface area contributed by atoms with Crippen molar-refractivity contribution in [2.75, 3.05) is 4.72 Å². The van der Waals surface area contributed by atoms with E-state index in [1.54, 1.807) is 24.3 Å². The third-order valence-electron chi connectivity index (χ3n) is 2.50. The Balaban J connectivity index is 2.23. The molecule has 1 aromatic carbocycles. The first-order chi connectivity index (χ1) is 9.98.